The number of piperidine rings is 2. The maximum absolute atomic E-state index is 10.8. The third kappa shape index (κ3) is 1.46. The summed E-state index contributed by atoms with van der Waals surface area (Å²) in [6.45, 7) is 0. The first-order valence-corrected chi connectivity index (χ1v) is 4.74. The van der Waals surface area contributed by atoms with Crippen LogP contribution in [0.1, 0.15) is 32.1 Å². The molecule has 2 heterocycles. The molecular weight excluding hydrogens is 154 g/mol. The molecule has 0 aromatic heterocycles. The third-order valence-corrected chi connectivity index (χ3v) is 3.06. The molecule has 2 aliphatic rings. The molecule has 0 radical (unpaired) electrons. The molecular formula is C9H15NO2. The zero-order valence-corrected chi connectivity index (χ0v) is 7.12. The molecule has 2 N–H and O–H groups in total. The Morgan fingerprint density at radius 1 is 1.25 bits per heavy atom. The van der Waals surface area contributed by atoms with Crippen LogP contribution < -0.4 is 5.32 Å². The fourth-order valence-electron chi connectivity index (χ4n) is 2.47. The molecule has 3 heteroatoms. The van der Waals surface area contributed by atoms with Gasteiger partial charge in [-0.2, -0.15) is 0 Å². The van der Waals surface area contributed by atoms with Crippen LogP contribution in [0, 0.1) is 5.92 Å². The van der Waals surface area contributed by atoms with E-state index in [0.717, 1.165) is 12.8 Å². The van der Waals surface area contributed by atoms with Gasteiger partial charge in [-0.1, -0.05) is 6.42 Å². The molecule has 2 atom stereocenters. The van der Waals surface area contributed by atoms with Crippen molar-refractivity contribution in [2.24, 2.45) is 5.92 Å². The molecule has 3 nitrogen and oxygen atoms in total. The Bertz CT molecular complexity index is 181. The maximum Gasteiger partial charge on any atom is 0.306 e. The lowest BCUT2D eigenvalue weighted by atomic mass is 9.80. The van der Waals surface area contributed by atoms with E-state index in [4.69, 9.17) is 5.11 Å². The van der Waals surface area contributed by atoms with Crippen LogP contribution in [0.25, 0.3) is 0 Å². The van der Waals surface area contributed by atoms with Crippen LogP contribution in [0.4, 0.5) is 0 Å². The van der Waals surface area contributed by atoms with Gasteiger partial charge in [0.2, 0.25) is 0 Å². The summed E-state index contributed by atoms with van der Waals surface area (Å²) in [5, 5.41) is 12.3. The highest BCUT2D eigenvalue weighted by molar-refractivity contribution is 5.70. The molecule has 2 bridgehead atoms. The predicted molar refractivity (Wildman–Crippen MR) is 44.9 cm³/mol. The van der Waals surface area contributed by atoms with Crippen molar-refractivity contribution >= 4 is 5.97 Å². The van der Waals surface area contributed by atoms with Gasteiger partial charge >= 0.3 is 5.97 Å². The topological polar surface area (TPSA) is 49.3 Å². The molecule has 0 aromatic rings. The number of rotatable bonds is 1. The first kappa shape index (κ1) is 8.05. The zero-order chi connectivity index (χ0) is 8.55. The molecule has 2 rings (SSSR count). The standard InChI is InChI=1S/C9H15NO2/c11-9(12)6-4-7-2-1-3-8(5-6)10-7/h6-8,10H,1-5H2,(H,11,12). The normalized spacial score (nSPS) is 40.8. The number of carbonyl (C=O) groups is 1. The van der Waals surface area contributed by atoms with Gasteiger partial charge in [0.05, 0.1) is 5.92 Å². The fourth-order valence-corrected chi connectivity index (χ4v) is 2.47. The average molecular weight is 169 g/mol. The molecule has 2 unspecified atom stereocenters. The van der Waals surface area contributed by atoms with Gasteiger partial charge < -0.3 is 10.4 Å². The third-order valence-electron chi connectivity index (χ3n) is 3.06. The van der Waals surface area contributed by atoms with Crippen molar-refractivity contribution in [2.75, 3.05) is 0 Å². The van der Waals surface area contributed by atoms with E-state index in [1.165, 1.54) is 19.3 Å². The van der Waals surface area contributed by atoms with Crippen molar-refractivity contribution in [3.8, 4) is 0 Å². The first-order chi connectivity index (χ1) is 5.75. The number of carboxylic acid groups (broad SMARTS) is 1. The lowest BCUT2D eigenvalue weighted by molar-refractivity contribution is -0.143. The molecule has 2 saturated heterocycles. The van der Waals surface area contributed by atoms with Crippen molar-refractivity contribution in [1.82, 2.24) is 5.32 Å². The second-order valence-electron chi connectivity index (χ2n) is 4.00. The van der Waals surface area contributed by atoms with Gasteiger partial charge in [0.15, 0.2) is 0 Å². The van der Waals surface area contributed by atoms with E-state index in [2.05, 4.69) is 5.32 Å². The van der Waals surface area contributed by atoms with Gasteiger partial charge in [0, 0.05) is 12.1 Å². The molecule has 0 spiro atoms. The minimum absolute atomic E-state index is 0.0819. The number of hydrogen-bond donors (Lipinski definition) is 2. The van der Waals surface area contributed by atoms with E-state index in [1.54, 1.807) is 0 Å². The van der Waals surface area contributed by atoms with E-state index in [9.17, 15) is 4.79 Å². The van der Waals surface area contributed by atoms with Crippen molar-refractivity contribution in [3.05, 3.63) is 0 Å². The summed E-state index contributed by atoms with van der Waals surface area (Å²) >= 11 is 0. The first-order valence-electron chi connectivity index (χ1n) is 4.74. The van der Waals surface area contributed by atoms with E-state index < -0.39 is 5.97 Å². The summed E-state index contributed by atoms with van der Waals surface area (Å²) in [6, 6.07) is 0.970. The van der Waals surface area contributed by atoms with Crippen molar-refractivity contribution in [3.63, 3.8) is 0 Å². The molecule has 0 aliphatic carbocycles. The van der Waals surface area contributed by atoms with Crippen LogP contribution in [0.3, 0.4) is 0 Å². The smallest absolute Gasteiger partial charge is 0.306 e. The van der Waals surface area contributed by atoms with Crippen LogP contribution in [-0.4, -0.2) is 23.2 Å². The van der Waals surface area contributed by atoms with E-state index in [-0.39, 0.29) is 5.92 Å². The minimum atomic E-state index is -0.603. The molecule has 12 heavy (non-hydrogen) atoms. The van der Waals surface area contributed by atoms with Gasteiger partial charge in [-0.25, -0.2) is 0 Å². The van der Waals surface area contributed by atoms with Gasteiger partial charge in [0.25, 0.3) is 0 Å². The minimum Gasteiger partial charge on any atom is -0.481 e. The fraction of sp³-hybridized carbons (Fsp3) is 0.889. The molecule has 0 saturated carbocycles. The number of fused-ring (bicyclic) bond motifs is 2. The van der Waals surface area contributed by atoms with E-state index in [0.29, 0.717) is 12.1 Å². The Kier molecular flexibility index (Phi) is 2.05. The van der Waals surface area contributed by atoms with Gasteiger partial charge in [-0.05, 0) is 25.7 Å². The van der Waals surface area contributed by atoms with Gasteiger partial charge in [0.1, 0.15) is 0 Å². The SMILES string of the molecule is O=C(O)C1CC2CCCC(C1)N2. The predicted octanol–water partition coefficient (Wildman–Crippen LogP) is 0.992. The van der Waals surface area contributed by atoms with Crippen LogP contribution in [0.2, 0.25) is 0 Å². The molecule has 2 aliphatic heterocycles. The maximum atomic E-state index is 10.8. The van der Waals surface area contributed by atoms with Gasteiger partial charge in [-0.3, -0.25) is 4.79 Å². The van der Waals surface area contributed by atoms with Crippen molar-refractivity contribution in [1.29, 1.82) is 0 Å². The summed E-state index contributed by atoms with van der Waals surface area (Å²) < 4.78 is 0. The average Bonchev–Trinajstić information content (AvgIpc) is 2.03. The highest BCUT2D eigenvalue weighted by Gasteiger charge is 2.34. The molecule has 0 aromatic carbocycles. The monoisotopic (exact) mass is 169 g/mol. The lowest BCUT2D eigenvalue weighted by Crippen LogP contribution is -2.50. The van der Waals surface area contributed by atoms with Crippen LogP contribution in [0.5, 0.6) is 0 Å². The molecule has 2 fully saturated rings. The molecule has 68 valence electrons. The number of nitrogens with one attached hydrogen (secondary N) is 1. The van der Waals surface area contributed by atoms with Crippen molar-refractivity contribution < 1.29 is 9.90 Å². The highest BCUT2D eigenvalue weighted by atomic mass is 16.4. The second kappa shape index (κ2) is 3.05. The molecule has 0 amide bonds. The van der Waals surface area contributed by atoms with Crippen LogP contribution in [-0.2, 0) is 4.79 Å². The van der Waals surface area contributed by atoms with Crippen molar-refractivity contribution in [2.45, 2.75) is 44.2 Å². The summed E-state index contributed by atoms with van der Waals surface area (Å²) in [5.41, 5.74) is 0. The second-order valence-corrected chi connectivity index (χ2v) is 4.00. The number of aliphatic carboxylic acids is 1. The number of carboxylic acids is 1. The zero-order valence-electron chi connectivity index (χ0n) is 7.12. The van der Waals surface area contributed by atoms with Crippen LogP contribution in [0.15, 0.2) is 0 Å². The summed E-state index contributed by atoms with van der Waals surface area (Å²) in [7, 11) is 0. The van der Waals surface area contributed by atoms with E-state index in [1.807, 2.05) is 0 Å². The Morgan fingerprint density at radius 2 is 1.83 bits per heavy atom. The van der Waals surface area contributed by atoms with Gasteiger partial charge in [-0.15, -0.1) is 0 Å². The summed E-state index contributed by atoms with van der Waals surface area (Å²) in [5.74, 6) is -0.685. The quantitative estimate of drug-likeness (QED) is 0.615. The Morgan fingerprint density at radius 3 is 2.33 bits per heavy atom. The summed E-state index contributed by atoms with van der Waals surface area (Å²) in [6.07, 6.45) is 5.28. The highest BCUT2D eigenvalue weighted by Crippen LogP contribution is 2.29. The van der Waals surface area contributed by atoms with Crippen LogP contribution >= 0.6 is 0 Å². The Labute approximate surface area is 72.2 Å². The largest absolute Gasteiger partial charge is 0.481 e. The summed E-state index contributed by atoms with van der Waals surface area (Å²) in [4.78, 5) is 10.8. The number of hydrogen-bond acceptors (Lipinski definition) is 2. The van der Waals surface area contributed by atoms with E-state index >= 15 is 0 Å². The Balaban J connectivity index is 2.00. The lowest BCUT2D eigenvalue weighted by Gasteiger charge is -2.38. The Hall–Kier alpha value is -0.570.